The van der Waals surface area contributed by atoms with Gasteiger partial charge < -0.3 is 10.1 Å². The zero-order valence-corrected chi connectivity index (χ0v) is 10.7. The molecule has 0 amide bonds. The second-order valence-corrected chi connectivity index (χ2v) is 4.16. The van der Waals surface area contributed by atoms with Crippen LogP contribution in [0.3, 0.4) is 0 Å². The highest BCUT2D eigenvalue weighted by Crippen LogP contribution is 2.27. The fourth-order valence-corrected chi connectivity index (χ4v) is 2.25. The summed E-state index contributed by atoms with van der Waals surface area (Å²) in [5.74, 6) is 0.126. The molecule has 1 aromatic carbocycles. The average Bonchev–Trinajstić information content (AvgIpc) is 2.30. The molecule has 94 valence electrons. The van der Waals surface area contributed by atoms with Gasteiger partial charge in [0.2, 0.25) is 0 Å². The third-order valence-electron chi connectivity index (χ3n) is 2.97. The minimum absolute atomic E-state index is 0. The standard InChI is InChI=1S/C13H17NO2.ClH/c1-10(15)16-13-9-14-8-7-12(13)11-5-3-2-4-6-11;/h2-6,12-14H,7-9H2,1H3;1H/t12-,13+;/m1./s1. The van der Waals surface area contributed by atoms with Gasteiger partial charge in [-0.2, -0.15) is 0 Å². The van der Waals surface area contributed by atoms with Crippen molar-refractivity contribution in [1.29, 1.82) is 0 Å². The summed E-state index contributed by atoms with van der Waals surface area (Å²) in [7, 11) is 0. The number of rotatable bonds is 2. The summed E-state index contributed by atoms with van der Waals surface area (Å²) < 4.78 is 5.36. The highest BCUT2D eigenvalue weighted by atomic mass is 35.5. The van der Waals surface area contributed by atoms with Crippen LogP contribution in [0.4, 0.5) is 0 Å². The molecule has 3 nitrogen and oxygen atoms in total. The number of ether oxygens (including phenoxy) is 1. The van der Waals surface area contributed by atoms with E-state index >= 15 is 0 Å². The number of hydrogen-bond donors (Lipinski definition) is 1. The van der Waals surface area contributed by atoms with Crippen molar-refractivity contribution in [2.45, 2.75) is 25.4 Å². The lowest BCUT2D eigenvalue weighted by molar-refractivity contribution is -0.148. The number of piperidine rings is 1. The Morgan fingerprint density at radius 3 is 2.71 bits per heavy atom. The first kappa shape index (κ1) is 14.0. The zero-order valence-electron chi connectivity index (χ0n) is 9.89. The number of carbonyl (C=O) groups excluding carboxylic acids is 1. The molecule has 1 saturated heterocycles. The minimum Gasteiger partial charge on any atom is -0.461 e. The molecule has 4 heteroatoms. The molecule has 1 N–H and O–H groups in total. The second kappa shape index (κ2) is 6.62. The van der Waals surface area contributed by atoms with Gasteiger partial charge in [0.05, 0.1) is 0 Å². The molecule has 0 spiro atoms. The zero-order chi connectivity index (χ0) is 11.4. The Morgan fingerprint density at radius 1 is 1.35 bits per heavy atom. The lowest BCUT2D eigenvalue weighted by atomic mass is 9.88. The van der Waals surface area contributed by atoms with Crippen LogP contribution in [0, 0.1) is 0 Å². The predicted molar refractivity (Wildman–Crippen MR) is 69.5 cm³/mol. The van der Waals surface area contributed by atoms with Crippen LogP contribution >= 0.6 is 12.4 Å². The normalized spacial score (nSPS) is 23.6. The molecule has 2 rings (SSSR count). The van der Waals surface area contributed by atoms with E-state index in [1.807, 2.05) is 18.2 Å². The summed E-state index contributed by atoms with van der Waals surface area (Å²) >= 11 is 0. The molecule has 0 unspecified atom stereocenters. The first-order valence-electron chi connectivity index (χ1n) is 5.70. The Balaban J connectivity index is 0.00000144. The smallest absolute Gasteiger partial charge is 0.302 e. The van der Waals surface area contributed by atoms with Gasteiger partial charge in [-0.1, -0.05) is 30.3 Å². The molecule has 0 aromatic heterocycles. The van der Waals surface area contributed by atoms with E-state index in [2.05, 4.69) is 17.4 Å². The highest BCUT2D eigenvalue weighted by molar-refractivity contribution is 5.85. The van der Waals surface area contributed by atoms with Crippen LogP contribution in [-0.2, 0) is 9.53 Å². The van der Waals surface area contributed by atoms with Crippen molar-refractivity contribution in [3.63, 3.8) is 0 Å². The monoisotopic (exact) mass is 255 g/mol. The lowest BCUT2D eigenvalue weighted by Crippen LogP contribution is -2.41. The van der Waals surface area contributed by atoms with Gasteiger partial charge in [-0.15, -0.1) is 12.4 Å². The molecule has 0 aliphatic carbocycles. The van der Waals surface area contributed by atoms with E-state index in [0.717, 1.165) is 19.5 Å². The molecule has 2 atom stereocenters. The molecule has 0 radical (unpaired) electrons. The molecule has 1 fully saturated rings. The SMILES string of the molecule is CC(=O)O[C@H]1CNCC[C@@H]1c1ccccc1.Cl. The maximum Gasteiger partial charge on any atom is 0.302 e. The summed E-state index contributed by atoms with van der Waals surface area (Å²) in [6, 6.07) is 10.3. The lowest BCUT2D eigenvalue weighted by Gasteiger charge is -2.31. The van der Waals surface area contributed by atoms with Crippen LogP contribution in [0.2, 0.25) is 0 Å². The molecule has 0 saturated carbocycles. The Kier molecular flexibility index (Phi) is 5.45. The van der Waals surface area contributed by atoms with Crippen LogP contribution in [-0.4, -0.2) is 25.2 Å². The second-order valence-electron chi connectivity index (χ2n) is 4.16. The molecular weight excluding hydrogens is 238 g/mol. The summed E-state index contributed by atoms with van der Waals surface area (Å²) in [4.78, 5) is 11.0. The quantitative estimate of drug-likeness (QED) is 0.823. The van der Waals surface area contributed by atoms with Gasteiger partial charge in [-0.05, 0) is 18.5 Å². The maximum absolute atomic E-state index is 11.0. The van der Waals surface area contributed by atoms with Crippen molar-refractivity contribution in [2.75, 3.05) is 13.1 Å². The Morgan fingerprint density at radius 2 is 2.06 bits per heavy atom. The number of benzene rings is 1. The first-order valence-corrected chi connectivity index (χ1v) is 5.70. The molecule has 1 aliphatic rings. The summed E-state index contributed by atoms with van der Waals surface area (Å²) in [6.45, 7) is 3.20. The van der Waals surface area contributed by atoms with Crippen molar-refractivity contribution in [3.8, 4) is 0 Å². The van der Waals surface area contributed by atoms with Crippen LogP contribution in [0.25, 0.3) is 0 Å². The van der Waals surface area contributed by atoms with Crippen molar-refractivity contribution in [3.05, 3.63) is 35.9 Å². The van der Waals surface area contributed by atoms with Crippen molar-refractivity contribution >= 4 is 18.4 Å². The third-order valence-corrected chi connectivity index (χ3v) is 2.97. The number of hydrogen-bond acceptors (Lipinski definition) is 3. The molecular formula is C13H18ClNO2. The van der Waals surface area contributed by atoms with E-state index < -0.39 is 0 Å². The van der Waals surface area contributed by atoms with Crippen molar-refractivity contribution in [1.82, 2.24) is 5.32 Å². The first-order chi connectivity index (χ1) is 7.77. The van der Waals surface area contributed by atoms with Crippen molar-refractivity contribution < 1.29 is 9.53 Å². The van der Waals surface area contributed by atoms with Crippen LogP contribution in [0.1, 0.15) is 24.8 Å². The molecule has 1 aromatic rings. The van der Waals surface area contributed by atoms with Gasteiger partial charge in [0, 0.05) is 19.4 Å². The van der Waals surface area contributed by atoms with E-state index in [4.69, 9.17) is 4.74 Å². The van der Waals surface area contributed by atoms with Crippen LogP contribution in [0.15, 0.2) is 30.3 Å². The fraction of sp³-hybridized carbons (Fsp3) is 0.462. The molecule has 0 bridgehead atoms. The summed E-state index contributed by atoms with van der Waals surface area (Å²) in [5, 5.41) is 3.26. The van der Waals surface area contributed by atoms with Crippen LogP contribution in [0.5, 0.6) is 0 Å². The van der Waals surface area contributed by atoms with E-state index in [1.54, 1.807) is 0 Å². The molecule has 17 heavy (non-hydrogen) atoms. The number of esters is 1. The fourth-order valence-electron chi connectivity index (χ4n) is 2.25. The largest absolute Gasteiger partial charge is 0.461 e. The van der Waals surface area contributed by atoms with Gasteiger partial charge >= 0.3 is 5.97 Å². The Bertz CT molecular complexity index is 356. The van der Waals surface area contributed by atoms with E-state index in [1.165, 1.54) is 12.5 Å². The van der Waals surface area contributed by atoms with Crippen molar-refractivity contribution in [2.24, 2.45) is 0 Å². The van der Waals surface area contributed by atoms with E-state index in [-0.39, 0.29) is 24.5 Å². The average molecular weight is 256 g/mol. The Hall–Kier alpha value is -1.06. The number of carbonyl (C=O) groups is 1. The van der Waals surface area contributed by atoms with Crippen LogP contribution < -0.4 is 5.32 Å². The van der Waals surface area contributed by atoms with E-state index in [9.17, 15) is 4.79 Å². The molecule has 1 aliphatic heterocycles. The van der Waals surface area contributed by atoms with Gasteiger partial charge in [0.1, 0.15) is 6.10 Å². The van der Waals surface area contributed by atoms with Gasteiger partial charge in [0.15, 0.2) is 0 Å². The number of nitrogens with one attached hydrogen (secondary N) is 1. The summed E-state index contributed by atoms with van der Waals surface area (Å²) in [5.41, 5.74) is 1.26. The third kappa shape index (κ3) is 3.72. The number of halogens is 1. The van der Waals surface area contributed by atoms with Gasteiger partial charge in [0.25, 0.3) is 0 Å². The summed E-state index contributed by atoms with van der Waals surface area (Å²) in [6.07, 6.45) is 0.982. The Labute approximate surface area is 108 Å². The topological polar surface area (TPSA) is 38.3 Å². The van der Waals surface area contributed by atoms with Gasteiger partial charge in [-0.3, -0.25) is 4.79 Å². The van der Waals surface area contributed by atoms with Gasteiger partial charge in [-0.25, -0.2) is 0 Å². The highest BCUT2D eigenvalue weighted by Gasteiger charge is 2.28. The van der Waals surface area contributed by atoms with E-state index in [0.29, 0.717) is 5.92 Å². The molecule has 1 heterocycles. The maximum atomic E-state index is 11.0. The minimum atomic E-state index is -0.199. The predicted octanol–water partition coefficient (Wildman–Crippen LogP) is 2.12.